The van der Waals surface area contributed by atoms with Crippen molar-refractivity contribution in [3.63, 3.8) is 0 Å². The Hall–Kier alpha value is -1.14. The highest BCUT2D eigenvalue weighted by molar-refractivity contribution is 5.81. The summed E-state index contributed by atoms with van der Waals surface area (Å²) in [7, 11) is 0. The summed E-state index contributed by atoms with van der Waals surface area (Å²) in [5.74, 6) is -0.445. The second-order valence-corrected chi connectivity index (χ2v) is 5.61. The molecule has 6 nitrogen and oxygen atoms in total. The molecule has 6 heteroatoms. The standard InChI is InChI=1S/C13H25N3O3/c1-9(2)8-11(14)12(17)16-6-4-15(5-7-16)10(3)13(18)19/h9-11H,4-8,14H2,1-3H3,(H,18,19). The van der Waals surface area contributed by atoms with E-state index in [1.165, 1.54) is 0 Å². The number of carbonyl (C=O) groups excluding carboxylic acids is 1. The van der Waals surface area contributed by atoms with E-state index < -0.39 is 18.1 Å². The third-order valence-corrected chi connectivity index (χ3v) is 3.57. The highest BCUT2D eigenvalue weighted by Crippen LogP contribution is 2.10. The van der Waals surface area contributed by atoms with Crippen LogP contribution in [0.1, 0.15) is 27.2 Å². The van der Waals surface area contributed by atoms with Gasteiger partial charge in [-0.15, -0.1) is 0 Å². The molecule has 0 saturated carbocycles. The molecule has 2 atom stereocenters. The monoisotopic (exact) mass is 271 g/mol. The topological polar surface area (TPSA) is 86.9 Å². The van der Waals surface area contributed by atoms with E-state index in [1.807, 2.05) is 18.7 Å². The molecule has 1 rings (SSSR count). The summed E-state index contributed by atoms with van der Waals surface area (Å²) < 4.78 is 0. The molecule has 1 saturated heterocycles. The van der Waals surface area contributed by atoms with E-state index in [9.17, 15) is 9.59 Å². The van der Waals surface area contributed by atoms with Crippen LogP contribution in [-0.4, -0.2) is 65.0 Å². The van der Waals surface area contributed by atoms with Crippen LogP contribution in [0, 0.1) is 5.92 Å². The lowest BCUT2D eigenvalue weighted by Gasteiger charge is -2.37. The first kappa shape index (κ1) is 15.9. The SMILES string of the molecule is CC(C)CC(N)C(=O)N1CCN(C(C)C(=O)O)CC1. The van der Waals surface area contributed by atoms with Crippen LogP contribution in [0.15, 0.2) is 0 Å². The van der Waals surface area contributed by atoms with E-state index in [1.54, 1.807) is 11.8 Å². The van der Waals surface area contributed by atoms with Crippen LogP contribution in [-0.2, 0) is 9.59 Å². The zero-order chi connectivity index (χ0) is 14.6. The molecule has 1 amide bonds. The Balaban J connectivity index is 2.45. The Bertz CT molecular complexity index is 325. The van der Waals surface area contributed by atoms with Gasteiger partial charge in [0.15, 0.2) is 0 Å². The maximum atomic E-state index is 12.1. The van der Waals surface area contributed by atoms with Crippen LogP contribution >= 0.6 is 0 Å². The van der Waals surface area contributed by atoms with Crippen LogP contribution in [0.4, 0.5) is 0 Å². The maximum Gasteiger partial charge on any atom is 0.320 e. The highest BCUT2D eigenvalue weighted by atomic mass is 16.4. The van der Waals surface area contributed by atoms with E-state index in [4.69, 9.17) is 10.8 Å². The Morgan fingerprint density at radius 2 is 1.68 bits per heavy atom. The van der Waals surface area contributed by atoms with Gasteiger partial charge in [0, 0.05) is 26.2 Å². The van der Waals surface area contributed by atoms with Crippen molar-refractivity contribution in [3.05, 3.63) is 0 Å². The second kappa shape index (κ2) is 6.86. The molecule has 0 aromatic rings. The number of carbonyl (C=O) groups is 2. The largest absolute Gasteiger partial charge is 0.480 e. The van der Waals surface area contributed by atoms with Crippen LogP contribution < -0.4 is 5.73 Å². The number of carboxylic acid groups (broad SMARTS) is 1. The third-order valence-electron chi connectivity index (χ3n) is 3.57. The van der Waals surface area contributed by atoms with E-state index in [0.717, 1.165) is 0 Å². The minimum Gasteiger partial charge on any atom is -0.480 e. The molecule has 1 heterocycles. The first-order valence-corrected chi connectivity index (χ1v) is 6.84. The normalized spacial score (nSPS) is 20.4. The minimum atomic E-state index is -0.823. The van der Waals surface area contributed by atoms with Crippen molar-refractivity contribution in [2.75, 3.05) is 26.2 Å². The number of aliphatic carboxylic acids is 1. The van der Waals surface area contributed by atoms with Gasteiger partial charge in [0.2, 0.25) is 5.91 Å². The third kappa shape index (κ3) is 4.47. The van der Waals surface area contributed by atoms with Crippen LogP contribution in [0.25, 0.3) is 0 Å². The molecule has 3 N–H and O–H groups in total. The lowest BCUT2D eigenvalue weighted by atomic mass is 10.0. The Kier molecular flexibility index (Phi) is 5.75. The number of nitrogens with two attached hydrogens (primary N) is 1. The van der Waals surface area contributed by atoms with Crippen LogP contribution in [0.5, 0.6) is 0 Å². The van der Waals surface area contributed by atoms with Gasteiger partial charge >= 0.3 is 5.97 Å². The molecule has 110 valence electrons. The summed E-state index contributed by atoms with van der Waals surface area (Å²) in [6.07, 6.45) is 0.685. The molecule has 1 fully saturated rings. The molecule has 0 spiro atoms. The Labute approximate surface area is 114 Å². The fourth-order valence-corrected chi connectivity index (χ4v) is 2.33. The highest BCUT2D eigenvalue weighted by Gasteiger charge is 2.29. The van der Waals surface area contributed by atoms with Crippen molar-refractivity contribution in [2.24, 2.45) is 11.7 Å². The summed E-state index contributed by atoms with van der Waals surface area (Å²) in [6, 6.07) is -0.940. The number of carboxylic acids is 1. The molecule has 0 aliphatic carbocycles. The molecule has 0 aromatic carbocycles. The quantitative estimate of drug-likeness (QED) is 0.733. The van der Waals surface area contributed by atoms with Gasteiger partial charge in [0.1, 0.15) is 6.04 Å². The van der Waals surface area contributed by atoms with Gasteiger partial charge in [-0.1, -0.05) is 13.8 Å². The van der Waals surface area contributed by atoms with Gasteiger partial charge in [-0.3, -0.25) is 14.5 Å². The fourth-order valence-electron chi connectivity index (χ4n) is 2.33. The summed E-state index contributed by atoms with van der Waals surface area (Å²) in [5, 5.41) is 8.95. The smallest absolute Gasteiger partial charge is 0.320 e. The molecule has 19 heavy (non-hydrogen) atoms. The van der Waals surface area contributed by atoms with Crippen molar-refractivity contribution in [2.45, 2.75) is 39.3 Å². The average molecular weight is 271 g/mol. The van der Waals surface area contributed by atoms with Gasteiger partial charge < -0.3 is 15.7 Å². The Morgan fingerprint density at radius 3 is 2.11 bits per heavy atom. The van der Waals surface area contributed by atoms with Gasteiger partial charge in [-0.2, -0.15) is 0 Å². The van der Waals surface area contributed by atoms with Crippen molar-refractivity contribution in [1.29, 1.82) is 0 Å². The van der Waals surface area contributed by atoms with Crippen LogP contribution in [0.2, 0.25) is 0 Å². The number of nitrogens with zero attached hydrogens (tertiary/aromatic N) is 2. The summed E-state index contributed by atoms with van der Waals surface area (Å²) in [6.45, 7) is 8.05. The molecular formula is C13H25N3O3. The first-order chi connectivity index (χ1) is 8.82. The van der Waals surface area contributed by atoms with Crippen molar-refractivity contribution in [3.8, 4) is 0 Å². The second-order valence-electron chi connectivity index (χ2n) is 5.61. The summed E-state index contributed by atoms with van der Waals surface area (Å²) in [4.78, 5) is 26.6. The summed E-state index contributed by atoms with van der Waals surface area (Å²) >= 11 is 0. The molecule has 0 aromatic heterocycles. The first-order valence-electron chi connectivity index (χ1n) is 6.84. The number of hydrogen-bond donors (Lipinski definition) is 2. The number of piperazine rings is 1. The molecule has 0 bridgehead atoms. The van der Waals surface area contributed by atoms with Crippen molar-refractivity contribution in [1.82, 2.24) is 9.80 Å². The predicted molar refractivity (Wildman–Crippen MR) is 72.7 cm³/mol. The van der Waals surface area contributed by atoms with Crippen LogP contribution in [0.3, 0.4) is 0 Å². The van der Waals surface area contributed by atoms with Gasteiger partial charge in [-0.05, 0) is 19.3 Å². The molecule has 2 unspecified atom stereocenters. The lowest BCUT2D eigenvalue weighted by molar-refractivity contribution is -0.144. The summed E-state index contributed by atoms with van der Waals surface area (Å²) in [5.41, 5.74) is 5.89. The zero-order valence-electron chi connectivity index (χ0n) is 12.0. The number of amides is 1. The van der Waals surface area contributed by atoms with E-state index in [-0.39, 0.29) is 5.91 Å². The molecule has 1 aliphatic heterocycles. The Morgan fingerprint density at radius 1 is 1.16 bits per heavy atom. The number of rotatable bonds is 5. The van der Waals surface area contributed by atoms with E-state index in [0.29, 0.717) is 38.5 Å². The van der Waals surface area contributed by atoms with Gasteiger partial charge in [-0.25, -0.2) is 0 Å². The number of hydrogen-bond acceptors (Lipinski definition) is 4. The predicted octanol–water partition coefficient (Wildman–Crippen LogP) is -0.0229. The molecule has 0 radical (unpaired) electrons. The van der Waals surface area contributed by atoms with Gasteiger partial charge in [0.25, 0.3) is 0 Å². The molecule has 1 aliphatic rings. The lowest BCUT2D eigenvalue weighted by Crippen LogP contribution is -2.56. The van der Waals surface area contributed by atoms with Gasteiger partial charge in [0.05, 0.1) is 6.04 Å². The van der Waals surface area contributed by atoms with E-state index in [2.05, 4.69) is 0 Å². The molecular weight excluding hydrogens is 246 g/mol. The van der Waals surface area contributed by atoms with E-state index >= 15 is 0 Å². The van der Waals surface area contributed by atoms with Crippen molar-refractivity contribution < 1.29 is 14.7 Å². The van der Waals surface area contributed by atoms with Crippen molar-refractivity contribution >= 4 is 11.9 Å². The maximum absolute atomic E-state index is 12.1. The fraction of sp³-hybridized carbons (Fsp3) is 0.846. The minimum absolute atomic E-state index is 0.0173. The zero-order valence-corrected chi connectivity index (χ0v) is 12.0. The average Bonchev–Trinajstić information content (AvgIpc) is 2.36.